The molecule has 5 nitrogen and oxygen atoms in total. The van der Waals surface area contributed by atoms with E-state index >= 15 is 0 Å². The number of fused-ring (bicyclic) bond motifs is 1. The first-order chi connectivity index (χ1) is 11.1. The first-order valence-corrected chi connectivity index (χ1v) is 7.60. The summed E-state index contributed by atoms with van der Waals surface area (Å²) in [5, 5.41) is 2.82. The molecule has 0 aliphatic rings. The second-order valence-electron chi connectivity index (χ2n) is 5.52. The van der Waals surface area contributed by atoms with E-state index < -0.39 is 0 Å². The molecule has 3 rings (SSSR count). The van der Waals surface area contributed by atoms with Crippen LogP contribution in [0.1, 0.15) is 29.3 Å². The van der Waals surface area contributed by atoms with Gasteiger partial charge in [-0.05, 0) is 37.6 Å². The number of hydrogen-bond donors (Lipinski definition) is 1. The fraction of sp³-hybridized carbons (Fsp3) is 0.222. The van der Waals surface area contributed by atoms with Gasteiger partial charge in [-0.25, -0.2) is 4.79 Å². The van der Waals surface area contributed by atoms with E-state index in [1.807, 2.05) is 26.0 Å². The van der Waals surface area contributed by atoms with Gasteiger partial charge in [0, 0.05) is 23.9 Å². The summed E-state index contributed by atoms with van der Waals surface area (Å²) in [5.74, 6) is -0.566. The van der Waals surface area contributed by atoms with Gasteiger partial charge in [0.05, 0.1) is 5.52 Å². The second-order valence-corrected chi connectivity index (χ2v) is 5.52. The Hall–Kier alpha value is -2.82. The number of aromatic nitrogens is 1. The van der Waals surface area contributed by atoms with E-state index in [1.165, 1.54) is 0 Å². The molecule has 1 heterocycles. The number of carbonyl (C=O) groups excluding carboxylic acids is 1. The van der Waals surface area contributed by atoms with E-state index in [9.17, 15) is 9.59 Å². The van der Waals surface area contributed by atoms with Gasteiger partial charge in [-0.1, -0.05) is 24.6 Å². The lowest BCUT2D eigenvalue weighted by Crippen LogP contribution is -2.13. The molecular weight excluding hydrogens is 292 g/mol. The molecule has 3 aromatic rings. The number of amides is 1. The Morgan fingerprint density at radius 3 is 2.61 bits per heavy atom. The lowest BCUT2D eigenvalue weighted by atomic mass is 10.1. The number of rotatable bonds is 4. The van der Waals surface area contributed by atoms with Gasteiger partial charge in [-0.15, -0.1) is 0 Å². The molecule has 2 aromatic carbocycles. The van der Waals surface area contributed by atoms with Crippen LogP contribution in [0.2, 0.25) is 0 Å². The van der Waals surface area contributed by atoms with Crippen LogP contribution < -0.4 is 11.1 Å². The summed E-state index contributed by atoms with van der Waals surface area (Å²) in [4.78, 5) is 24.1. The normalized spacial score (nSPS) is 10.9. The third kappa shape index (κ3) is 3.04. The van der Waals surface area contributed by atoms with Crippen molar-refractivity contribution in [2.45, 2.75) is 26.8 Å². The molecule has 5 heteroatoms. The van der Waals surface area contributed by atoms with Crippen LogP contribution in [-0.4, -0.2) is 10.5 Å². The molecule has 0 fully saturated rings. The first kappa shape index (κ1) is 15.1. The molecule has 0 bridgehead atoms. The molecule has 0 unspecified atom stereocenters. The van der Waals surface area contributed by atoms with Crippen molar-refractivity contribution < 1.29 is 9.21 Å². The van der Waals surface area contributed by atoms with Gasteiger partial charge in [0.25, 0.3) is 5.91 Å². The van der Waals surface area contributed by atoms with Crippen LogP contribution >= 0.6 is 0 Å². The molecule has 118 valence electrons. The summed E-state index contributed by atoms with van der Waals surface area (Å²) >= 11 is 0. The Balaban J connectivity index is 1.87. The SMILES string of the molecule is CCCn1c(=O)oc2cc(NC(=O)c3ccc(C)cc3)ccc21. The maximum absolute atomic E-state index is 12.2. The van der Waals surface area contributed by atoms with E-state index in [-0.39, 0.29) is 11.7 Å². The van der Waals surface area contributed by atoms with Gasteiger partial charge in [-0.3, -0.25) is 9.36 Å². The minimum atomic E-state index is -0.371. The Morgan fingerprint density at radius 1 is 1.17 bits per heavy atom. The second kappa shape index (κ2) is 6.12. The van der Waals surface area contributed by atoms with E-state index in [0.717, 1.165) is 17.5 Å². The third-order valence-electron chi connectivity index (χ3n) is 3.69. The summed E-state index contributed by atoms with van der Waals surface area (Å²) in [7, 11) is 0. The fourth-order valence-corrected chi connectivity index (χ4v) is 2.49. The largest absolute Gasteiger partial charge is 0.419 e. The molecule has 1 N–H and O–H groups in total. The molecule has 0 aliphatic heterocycles. The highest BCUT2D eigenvalue weighted by molar-refractivity contribution is 6.04. The predicted octanol–water partition coefficient (Wildman–Crippen LogP) is 3.57. The van der Waals surface area contributed by atoms with Crippen molar-refractivity contribution in [1.82, 2.24) is 4.57 Å². The monoisotopic (exact) mass is 310 g/mol. The third-order valence-corrected chi connectivity index (χ3v) is 3.69. The number of benzene rings is 2. The molecule has 1 aromatic heterocycles. The summed E-state index contributed by atoms with van der Waals surface area (Å²) in [6, 6.07) is 12.6. The van der Waals surface area contributed by atoms with Gasteiger partial charge in [-0.2, -0.15) is 0 Å². The first-order valence-electron chi connectivity index (χ1n) is 7.60. The Kier molecular flexibility index (Phi) is 4.02. The number of oxazole rings is 1. The fourth-order valence-electron chi connectivity index (χ4n) is 2.49. The molecule has 0 radical (unpaired) electrons. The van der Waals surface area contributed by atoms with E-state index in [0.29, 0.717) is 23.4 Å². The highest BCUT2D eigenvalue weighted by Crippen LogP contribution is 2.19. The molecule has 23 heavy (non-hydrogen) atoms. The molecule has 0 atom stereocenters. The quantitative estimate of drug-likeness (QED) is 0.801. The van der Waals surface area contributed by atoms with Crippen molar-refractivity contribution in [3.63, 3.8) is 0 Å². The van der Waals surface area contributed by atoms with Crippen LogP contribution in [0.5, 0.6) is 0 Å². The summed E-state index contributed by atoms with van der Waals surface area (Å²) in [6.07, 6.45) is 0.848. The maximum atomic E-state index is 12.2. The van der Waals surface area contributed by atoms with Crippen LogP contribution in [-0.2, 0) is 6.54 Å². The van der Waals surface area contributed by atoms with Crippen molar-refractivity contribution >= 4 is 22.7 Å². The van der Waals surface area contributed by atoms with Gasteiger partial charge in [0.1, 0.15) is 0 Å². The molecule has 0 saturated heterocycles. The zero-order valence-corrected chi connectivity index (χ0v) is 13.1. The van der Waals surface area contributed by atoms with E-state index in [2.05, 4.69) is 5.32 Å². The van der Waals surface area contributed by atoms with Crippen molar-refractivity contribution in [2.24, 2.45) is 0 Å². The van der Waals surface area contributed by atoms with Gasteiger partial charge < -0.3 is 9.73 Å². The number of nitrogens with one attached hydrogen (secondary N) is 1. The molecule has 0 aliphatic carbocycles. The smallest absolute Gasteiger partial charge is 0.408 e. The lowest BCUT2D eigenvalue weighted by molar-refractivity contribution is 0.102. The van der Waals surface area contributed by atoms with Crippen LogP contribution in [0.4, 0.5) is 5.69 Å². The molecular formula is C18H18N2O3. The maximum Gasteiger partial charge on any atom is 0.419 e. The minimum absolute atomic E-state index is 0.195. The zero-order chi connectivity index (χ0) is 16.4. The number of carbonyl (C=O) groups is 1. The average molecular weight is 310 g/mol. The van der Waals surface area contributed by atoms with Gasteiger partial charge >= 0.3 is 5.76 Å². The Bertz CT molecular complexity index is 904. The topological polar surface area (TPSA) is 64.2 Å². The number of aryl methyl sites for hydroxylation is 2. The van der Waals surface area contributed by atoms with Gasteiger partial charge in [0.2, 0.25) is 0 Å². The predicted molar refractivity (Wildman–Crippen MR) is 89.9 cm³/mol. The lowest BCUT2D eigenvalue weighted by Gasteiger charge is -2.06. The highest BCUT2D eigenvalue weighted by atomic mass is 16.4. The zero-order valence-electron chi connectivity index (χ0n) is 13.1. The van der Waals surface area contributed by atoms with Crippen molar-refractivity contribution in [3.05, 3.63) is 64.1 Å². The molecule has 0 saturated carbocycles. The van der Waals surface area contributed by atoms with Crippen LogP contribution in [0.25, 0.3) is 11.1 Å². The van der Waals surface area contributed by atoms with Crippen molar-refractivity contribution in [2.75, 3.05) is 5.32 Å². The standard InChI is InChI=1S/C18H18N2O3/c1-3-10-20-15-9-8-14(11-16(15)23-18(20)22)19-17(21)13-6-4-12(2)5-7-13/h4-9,11H,3,10H2,1-2H3,(H,19,21). The Morgan fingerprint density at radius 2 is 1.91 bits per heavy atom. The molecule has 0 spiro atoms. The Labute approximate surface area is 133 Å². The highest BCUT2D eigenvalue weighted by Gasteiger charge is 2.11. The number of hydrogen-bond acceptors (Lipinski definition) is 3. The van der Waals surface area contributed by atoms with Crippen molar-refractivity contribution in [3.8, 4) is 0 Å². The van der Waals surface area contributed by atoms with Crippen LogP contribution in [0.3, 0.4) is 0 Å². The van der Waals surface area contributed by atoms with Crippen molar-refractivity contribution in [1.29, 1.82) is 0 Å². The average Bonchev–Trinajstić information content (AvgIpc) is 2.83. The minimum Gasteiger partial charge on any atom is -0.408 e. The van der Waals surface area contributed by atoms with Crippen LogP contribution in [0.15, 0.2) is 51.7 Å². The summed E-state index contributed by atoms with van der Waals surface area (Å²) in [6.45, 7) is 4.58. The molecule has 1 amide bonds. The van der Waals surface area contributed by atoms with Gasteiger partial charge in [0.15, 0.2) is 5.58 Å². The van der Waals surface area contributed by atoms with E-state index in [4.69, 9.17) is 4.42 Å². The number of nitrogens with zero attached hydrogens (tertiary/aromatic N) is 1. The van der Waals surface area contributed by atoms with Crippen LogP contribution in [0, 0.1) is 6.92 Å². The van der Waals surface area contributed by atoms with E-state index in [1.54, 1.807) is 34.9 Å². The summed E-state index contributed by atoms with van der Waals surface area (Å²) in [5.41, 5.74) is 3.50. The number of anilines is 1. The summed E-state index contributed by atoms with van der Waals surface area (Å²) < 4.78 is 6.85.